The summed E-state index contributed by atoms with van der Waals surface area (Å²) < 4.78 is 5.99. The van der Waals surface area contributed by atoms with Crippen LogP contribution < -0.4 is 15.0 Å². The molecule has 6 nitrogen and oxygen atoms in total. The summed E-state index contributed by atoms with van der Waals surface area (Å²) in [4.78, 5) is 30.4. The number of piperidine rings is 1. The molecule has 2 amide bonds. The molecule has 1 N–H and O–H groups in total. The van der Waals surface area contributed by atoms with Crippen molar-refractivity contribution in [2.45, 2.75) is 32.3 Å². The molecule has 2 aromatic carbocycles. The van der Waals surface area contributed by atoms with Crippen molar-refractivity contribution in [1.29, 1.82) is 0 Å². The number of rotatable bonds is 4. The van der Waals surface area contributed by atoms with E-state index in [-0.39, 0.29) is 35.2 Å². The minimum absolute atomic E-state index is 0.0538. The van der Waals surface area contributed by atoms with Gasteiger partial charge in [-0.05, 0) is 87.1 Å². The quantitative estimate of drug-likeness (QED) is 0.722. The van der Waals surface area contributed by atoms with Crippen LogP contribution >= 0.6 is 0 Å². The van der Waals surface area contributed by atoms with E-state index in [2.05, 4.69) is 5.32 Å². The van der Waals surface area contributed by atoms with Crippen molar-refractivity contribution >= 4 is 29.3 Å². The van der Waals surface area contributed by atoms with E-state index in [1.165, 1.54) is 0 Å². The van der Waals surface area contributed by atoms with Gasteiger partial charge in [0, 0.05) is 55.6 Å². The number of ether oxygens (including phenoxy) is 1. The van der Waals surface area contributed by atoms with E-state index in [1.54, 1.807) is 0 Å². The van der Waals surface area contributed by atoms with E-state index >= 15 is 0 Å². The third kappa shape index (κ3) is 4.29. The lowest BCUT2D eigenvalue weighted by molar-refractivity contribution is -0.123. The van der Waals surface area contributed by atoms with Gasteiger partial charge in [0.05, 0.1) is 0 Å². The standard InChI is InChI=1S/C28H33N3O3/c1-28(2)14-13-19-15-22(9-12-24(19)34-28)29-26(32)25-20-5-6-21(25)17-31(16-20)27(33)18-7-10-23(11-8-18)30(3)4/h7-15,20-21,25H,5-6,16-17H2,1-4H3,(H,29,32)/t20-,21+,25?. The predicted octanol–water partition coefficient (Wildman–Crippen LogP) is 4.67. The lowest BCUT2D eigenvalue weighted by Crippen LogP contribution is -2.48. The highest BCUT2D eigenvalue weighted by molar-refractivity contribution is 5.96. The van der Waals surface area contributed by atoms with Crippen molar-refractivity contribution in [3.8, 4) is 5.75 Å². The summed E-state index contributed by atoms with van der Waals surface area (Å²) >= 11 is 0. The molecule has 2 fully saturated rings. The largest absolute Gasteiger partial charge is 0.483 e. The van der Waals surface area contributed by atoms with E-state index in [0.717, 1.165) is 35.5 Å². The Morgan fingerprint density at radius 2 is 1.71 bits per heavy atom. The van der Waals surface area contributed by atoms with Crippen molar-refractivity contribution in [3.63, 3.8) is 0 Å². The smallest absolute Gasteiger partial charge is 0.253 e. The van der Waals surface area contributed by atoms with Gasteiger partial charge < -0.3 is 19.9 Å². The number of nitrogens with zero attached hydrogens (tertiary/aromatic N) is 2. The van der Waals surface area contributed by atoms with Crippen LogP contribution in [0.3, 0.4) is 0 Å². The first-order valence-electron chi connectivity index (χ1n) is 12.1. The molecule has 0 aromatic heterocycles. The Kier molecular flexibility index (Phi) is 5.62. The van der Waals surface area contributed by atoms with Crippen LogP contribution in [0.4, 0.5) is 11.4 Å². The van der Waals surface area contributed by atoms with Crippen LogP contribution in [-0.2, 0) is 4.79 Å². The van der Waals surface area contributed by atoms with Crippen LogP contribution in [0.15, 0.2) is 48.5 Å². The van der Waals surface area contributed by atoms with Crippen molar-refractivity contribution < 1.29 is 14.3 Å². The third-order valence-electron chi connectivity index (χ3n) is 7.37. The second kappa shape index (κ2) is 8.49. The van der Waals surface area contributed by atoms with Crippen LogP contribution in [0.25, 0.3) is 6.08 Å². The molecule has 34 heavy (non-hydrogen) atoms. The second-order valence-electron chi connectivity index (χ2n) is 10.6. The molecule has 2 bridgehead atoms. The Morgan fingerprint density at radius 1 is 1.03 bits per heavy atom. The molecule has 2 heterocycles. The number of carbonyl (C=O) groups is 2. The minimum Gasteiger partial charge on any atom is -0.483 e. The van der Waals surface area contributed by atoms with Crippen LogP contribution in [0.5, 0.6) is 5.75 Å². The van der Waals surface area contributed by atoms with Gasteiger partial charge in [-0.15, -0.1) is 0 Å². The van der Waals surface area contributed by atoms with E-state index in [0.29, 0.717) is 18.7 Å². The van der Waals surface area contributed by atoms with Crippen LogP contribution in [0.2, 0.25) is 0 Å². The third-order valence-corrected chi connectivity index (χ3v) is 7.37. The molecule has 1 aliphatic carbocycles. The van der Waals surface area contributed by atoms with Crippen molar-refractivity contribution in [3.05, 3.63) is 59.7 Å². The summed E-state index contributed by atoms with van der Waals surface area (Å²) in [6, 6.07) is 13.5. The van der Waals surface area contributed by atoms with Gasteiger partial charge in [-0.1, -0.05) is 6.08 Å². The average Bonchev–Trinajstić information content (AvgIpc) is 3.08. The van der Waals surface area contributed by atoms with Gasteiger partial charge in [0.2, 0.25) is 5.91 Å². The first-order chi connectivity index (χ1) is 16.2. The number of nitrogens with one attached hydrogen (secondary N) is 1. The van der Waals surface area contributed by atoms with Crippen LogP contribution in [0, 0.1) is 17.8 Å². The Hall–Kier alpha value is -3.28. The fourth-order valence-electron chi connectivity index (χ4n) is 5.58. The summed E-state index contributed by atoms with van der Waals surface area (Å²) in [6.07, 6.45) is 6.05. The van der Waals surface area contributed by atoms with E-state index < -0.39 is 0 Å². The normalized spacial score (nSPS) is 24.2. The molecular weight excluding hydrogens is 426 g/mol. The van der Waals surface area contributed by atoms with Gasteiger partial charge in [-0.25, -0.2) is 0 Å². The molecule has 178 valence electrons. The van der Waals surface area contributed by atoms with Gasteiger partial charge in [0.15, 0.2) is 0 Å². The first kappa shape index (κ1) is 22.5. The number of amides is 2. The fourth-order valence-corrected chi connectivity index (χ4v) is 5.58. The number of hydrogen-bond acceptors (Lipinski definition) is 4. The van der Waals surface area contributed by atoms with Gasteiger partial charge in [-0.3, -0.25) is 9.59 Å². The molecule has 2 aromatic rings. The summed E-state index contributed by atoms with van der Waals surface area (Å²) in [7, 11) is 3.97. The second-order valence-corrected chi connectivity index (χ2v) is 10.6. The van der Waals surface area contributed by atoms with E-state index in [4.69, 9.17) is 4.74 Å². The monoisotopic (exact) mass is 459 g/mol. The van der Waals surface area contributed by atoms with Gasteiger partial charge in [0.25, 0.3) is 5.91 Å². The molecule has 2 aliphatic heterocycles. The average molecular weight is 460 g/mol. The van der Waals surface area contributed by atoms with E-state index in [9.17, 15) is 9.59 Å². The topological polar surface area (TPSA) is 61.9 Å². The van der Waals surface area contributed by atoms with Crippen LogP contribution in [0.1, 0.15) is 42.6 Å². The lowest BCUT2D eigenvalue weighted by Gasteiger charge is -2.37. The lowest BCUT2D eigenvalue weighted by atomic mass is 9.84. The molecule has 1 unspecified atom stereocenters. The molecular formula is C28H33N3O3. The first-order valence-corrected chi connectivity index (χ1v) is 12.1. The Bertz CT molecular complexity index is 1120. The molecule has 1 saturated carbocycles. The Balaban J connectivity index is 1.25. The summed E-state index contributed by atoms with van der Waals surface area (Å²) in [6.45, 7) is 5.32. The summed E-state index contributed by atoms with van der Waals surface area (Å²) in [5.41, 5.74) is 3.22. The maximum atomic E-state index is 13.3. The Morgan fingerprint density at radius 3 is 2.35 bits per heavy atom. The van der Waals surface area contributed by atoms with Crippen molar-refractivity contribution in [1.82, 2.24) is 4.90 Å². The number of carbonyl (C=O) groups excluding carboxylic acids is 2. The van der Waals surface area contributed by atoms with E-state index in [1.807, 2.05) is 92.4 Å². The summed E-state index contributed by atoms with van der Waals surface area (Å²) in [5.74, 6) is 1.30. The number of benzene rings is 2. The fraction of sp³-hybridized carbons (Fsp3) is 0.429. The molecule has 3 aliphatic rings. The maximum absolute atomic E-state index is 13.3. The molecule has 0 radical (unpaired) electrons. The highest BCUT2D eigenvalue weighted by atomic mass is 16.5. The van der Waals surface area contributed by atoms with Crippen molar-refractivity contribution in [2.75, 3.05) is 37.4 Å². The van der Waals surface area contributed by atoms with Crippen LogP contribution in [-0.4, -0.2) is 49.5 Å². The number of likely N-dealkylation sites (tertiary alicyclic amines) is 1. The number of hydrogen-bond donors (Lipinski definition) is 1. The van der Waals surface area contributed by atoms with Gasteiger partial charge >= 0.3 is 0 Å². The summed E-state index contributed by atoms with van der Waals surface area (Å²) in [5, 5.41) is 3.14. The number of fused-ring (bicyclic) bond motifs is 3. The highest BCUT2D eigenvalue weighted by Gasteiger charge is 2.47. The zero-order valence-electron chi connectivity index (χ0n) is 20.4. The zero-order valence-corrected chi connectivity index (χ0v) is 20.4. The highest BCUT2D eigenvalue weighted by Crippen LogP contribution is 2.43. The van der Waals surface area contributed by atoms with Crippen molar-refractivity contribution in [2.24, 2.45) is 17.8 Å². The van der Waals surface area contributed by atoms with Gasteiger partial charge in [-0.2, -0.15) is 0 Å². The maximum Gasteiger partial charge on any atom is 0.253 e. The Labute approximate surface area is 201 Å². The molecule has 6 heteroatoms. The zero-order chi connectivity index (χ0) is 24.0. The van der Waals surface area contributed by atoms with Gasteiger partial charge in [0.1, 0.15) is 11.4 Å². The number of anilines is 2. The molecule has 3 atom stereocenters. The molecule has 1 saturated heterocycles. The minimum atomic E-state index is -0.323. The predicted molar refractivity (Wildman–Crippen MR) is 135 cm³/mol. The molecule has 0 spiro atoms. The SMILES string of the molecule is CN(C)c1ccc(C(=O)N2C[C@H]3CC[C@@H](C2)C3C(=O)Nc2ccc3c(c2)C=CC(C)(C)O3)cc1. The molecule has 5 rings (SSSR count).